The van der Waals surface area contributed by atoms with Gasteiger partial charge in [-0.1, -0.05) is 17.3 Å². The smallest absolute Gasteiger partial charge is 0.293 e. The minimum atomic E-state index is -0.528. The van der Waals surface area contributed by atoms with Crippen molar-refractivity contribution in [1.29, 1.82) is 0 Å². The number of rotatable bonds is 8. The molecule has 0 atom stereocenters. The van der Waals surface area contributed by atoms with E-state index in [-0.39, 0.29) is 17.3 Å². The SMILES string of the molecule is CCOc1ccccc1/C=N/NC(=O)c1nnn(-c2nonc2N)c1CN1CCOCC1. The summed E-state index contributed by atoms with van der Waals surface area (Å²) in [6.45, 7) is 5.39. The molecule has 3 aromatic rings. The third kappa shape index (κ3) is 4.73. The molecule has 1 aliphatic heterocycles. The summed E-state index contributed by atoms with van der Waals surface area (Å²) in [7, 11) is 0. The molecule has 0 spiro atoms. The van der Waals surface area contributed by atoms with Crippen LogP contribution >= 0.6 is 0 Å². The number of nitrogens with two attached hydrogens (primary N) is 1. The number of ether oxygens (including phenoxy) is 2. The van der Waals surface area contributed by atoms with Crippen LogP contribution in [0.15, 0.2) is 34.0 Å². The molecule has 32 heavy (non-hydrogen) atoms. The molecule has 168 valence electrons. The van der Waals surface area contributed by atoms with Crippen molar-refractivity contribution in [2.45, 2.75) is 13.5 Å². The van der Waals surface area contributed by atoms with Crippen LogP contribution in [0.1, 0.15) is 28.7 Å². The quantitative estimate of drug-likeness (QED) is 0.366. The maximum atomic E-state index is 12.9. The lowest BCUT2D eigenvalue weighted by Gasteiger charge is -2.26. The number of anilines is 1. The van der Waals surface area contributed by atoms with Gasteiger partial charge in [0.1, 0.15) is 5.75 Å². The van der Waals surface area contributed by atoms with Crippen LogP contribution < -0.4 is 15.9 Å². The number of carbonyl (C=O) groups excluding carboxylic acids is 1. The molecule has 0 saturated carbocycles. The molecular weight excluding hydrogens is 418 g/mol. The first kappa shape index (κ1) is 21.4. The largest absolute Gasteiger partial charge is 0.493 e. The molecule has 0 radical (unpaired) electrons. The zero-order chi connectivity index (χ0) is 22.3. The first-order valence-corrected chi connectivity index (χ1v) is 10.1. The average Bonchev–Trinajstić information content (AvgIpc) is 3.41. The van der Waals surface area contributed by atoms with Gasteiger partial charge >= 0.3 is 0 Å². The number of nitrogens with zero attached hydrogens (tertiary/aromatic N) is 7. The van der Waals surface area contributed by atoms with Crippen molar-refractivity contribution in [1.82, 2.24) is 35.6 Å². The van der Waals surface area contributed by atoms with Gasteiger partial charge < -0.3 is 15.2 Å². The number of hydrogen-bond donors (Lipinski definition) is 2. The summed E-state index contributed by atoms with van der Waals surface area (Å²) in [5.74, 6) is 0.338. The second-order valence-electron chi connectivity index (χ2n) is 6.83. The van der Waals surface area contributed by atoms with Gasteiger partial charge in [0.25, 0.3) is 5.91 Å². The van der Waals surface area contributed by atoms with Gasteiger partial charge in [-0.2, -0.15) is 9.78 Å². The second kappa shape index (κ2) is 9.98. The lowest BCUT2D eigenvalue weighted by atomic mass is 10.2. The third-order valence-electron chi connectivity index (χ3n) is 4.74. The molecule has 1 aliphatic rings. The molecule has 3 heterocycles. The standard InChI is InChI=1S/C19H23N9O4/c1-2-31-15-6-4-3-5-13(15)11-21-23-19(29)16-14(12-27-7-9-30-10-8-27)28(26-22-16)18-17(20)24-32-25-18/h3-6,11H,2,7-10,12H2,1H3,(H2,20,24)(H,23,29)/b21-11+. The van der Waals surface area contributed by atoms with Gasteiger partial charge in [-0.05, 0) is 29.4 Å². The van der Waals surface area contributed by atoms with Gasteiger partial charge in [-0.25, -0.2) is 10.1 Å². The Morgan fingerprint density at radius 2 is 2.12 bits per heavy atom. The number of nitrogens with one attached hydrogen (secondary N) is 1. The fourth-order valence-corrected chi connectivity index (χ4v) is 3.19. The molecule has 0 bridgehead atoms. The number of hydrazone groups is 1. The number of nitrogen functional groups attached to an aromatic ring is 1. The highest BCUT2D eigenvalue weighted by Gasteiger charge is 2.26. The van der Waals surface area contributed by atoms with Gasteiger partial charge in [-0.15, -0.1) is 5.10 Å². The third-order valence-corrected chi connectivity index (χ3v) is 4.74. The van der Waals surface area contributed by atoms with E-state index in [0.717, 1.165) is 5.56 Å². The van der Waals surface area contributed by atoms with Gasteiger partial charge in [0.2, 0.25) is 11.6 Å². The van der Waals surface area contributed by atoms with E-state index in [1.165, 1.54) is 10.9 Å². The maximum absolute atomic E-state index is 12.9. The van der Waals surface area contributed by atoms with Crippen molar-refractivity contribution in [3.63, 3.8) is 0 Å². The van der Waals surface area contributed by atoms with Crippen molar-refractivity contribution < 1.29 is 18.9 Å². The molecule has 0 aliphatic carbocycles. The van der Waals surface area contributed by atoms with E-state index in [2.05, 4.69) is 40.7 Å². The van der Waals surface area contributed by atoms with E-state index >= 15 is 0 Å². The Labute approximate surface area is 183 Å². The number of carbonyl (C=O) groups is 1. The Morgan fingerprint density at radius 1 is 1.31 bits per heavy atom. The van der Waals surface area contributed by atoms with E-state index in [1.54, 1.807) is 0 Å². The predicted octanol–water partition coefficient (Wildman–Crippen LogP) is 0.227. The molecule has 3 N–H and O–H groups in total. The fourth-order valence-electron chi connectivity index (χ4n) is 3.19. The minimum Gasteiger partial charge on any atom is -0.493 e. The van der Waals surface area contributed by atoms with Crippen molar-refractivity contribution in [2.75, 3.05) is 38.6 Å². The van der Waals surface area contributed by atoms with Crippen molar-refractivity contribution in [3.05, 3.63) is 41.2 Å². The van der Waals surface area contributed by atoms with Crippen LogP contribution in [0.25, 0.3) is 5.82 Å². The lowest BCUT2D eigenvalue weighted by Crippen LogP contribution is -2.37. The van der Waals surface area contributed by atoms with E-state index in [9.17, 15) is 4.79 Å². The normalized spacial score (nSPS) is 14.7. The molecule has 13 nitrogen and oxygen atoms in total. The monoisotopic (exact) mass is 441 g/mol. The number of hydrogen-bond acceptors (Lipinski definition) is 11. The van der Waals surface area contributed by atoms with Crippen LogP contribution in [0.3, 0.4) is 0 Å². The molecule has 1 saturated heterocycles. The average molecular weight is 441 g/mol. The Balaban J connectivity index is 1.56. The number of amides is 1. The molecule has 1 aromatic carbocycles. The number of morpholine rings is 1. The molecule has 1 fully saturated rings. The summed E-state index contributed by atoms with van der Waals surface area (Å²) in [6.07, 6.45) is 1.51. The fraction of sp³-hybridized carbons (Fsp3) is 0.368. The summed E-state index contributed by atoms with van der Waals surface area (Å²) >= 11 is 0. The Hall–Kier alpha value is -3.84. The topological polar surface area (TPSA) is 159 Å². The summed E-state index contributed by atoms with van der Waals surface area (Å²) in [4.78, 5) is 15.0. The molecule has 1 amide bonds. The van der Waals surface area contributed by atoms with E-state index in [1.807, 2.05) is 31.2 Å². The van der Waals surface area contributed by atoms with Crippen molar-refractivity contribution in [2.24, 2.45) is 5.10 Å². The van der Waals surface area contributed by atoms with Gasteiger partial charge in [0, 0.05) is 25.2 Å². The number of aromatic nitrogens is 5. The Kier molecular flexibility index (Phi) is 6.67. The predicted molar refractivity (Wildman–Crippen MR) is 112 cm³/mol. The van der Waals surface area contributed by atoms with Crippen LogP contribution in [0, 0.1) is 0 Å². The minimum absolute atomic E-state index is 0.0376. The second-order valence-corrected chi connectivity index (χ2v) is 6.83. The molecule has 4 rings (SSSR count). The van der Waals surface area contributed by atoms with Crippen molar-refractivity contribution in [3.8, 4) is 11.6 Å². The highest BCUT2D eigenvalue weighted by molar-refractivity contribution is 5.94. The van der Waals surface area contributed by atoms with Crippen LogP contribution in [0.2, 0.25) is 0 Å². The molecule has 2 aromatic heterocycles. The maximum Gasteiger partial charge on any atom is 0.293 e. The summed E-state index contributed by atoms with van der Waals surface area (Å²) < 4.78 is 17.0. The first-order valence-electron chi connectivity index (χ1n) is 10.1. The van der Waals surface area contributed by atoms with Gasteiger partial charge in [0.05, 0.1) is 31.7 Å². The number of para-hydroxylation sites is 1. The number of benzene rings is 1. The van der Waals surface area contributed by atoms with Gasteiger partial charge in [-0.3, -0.25) is 9.69 Å². The summed E-state index contributed by atoms with van der Waals surface area (Å²) in [6, 6.07) is 7.38. The van der Waals surface area contributed by atoms with Crippen LogP contribution in [-0.2, 0) is 11.3 Å². The Morgan fingerprint density at radius 3 is 2.88 bits per heavy atom. The highest BCUT2D eigenvalue weighted by Crippen LogP contribution is 2.18. The van der Waals surface area contributed by atoms with E-state index in [4.69, 9.17) is 15.2 Å². The zero-order valence-corrected chi connectivity index (χ0v) is 17.5. The zero-order valence-electron chi connectivity index (χ0n) is 17.5. The van der Waals surface area contributed by atoms with Crippen LogP contribution in [0.4, 0.5) is 5.82 Å². The molecule has 0 unspecified atom stereocenters. The summed E-state index contributed by atoms with van der Waals surface area (Å²) in [5.41, 5.74) is 9.62. The van der Waals surface area contributed by atoms with Crippen molar-refractivity contribution >= 4 is 17.9 Å². The van der Waals surface area contributed by atoms with Crippen LogP contribution in [-0.4, -0.2) is 75.2 Å². The summed E-state index contributed by atoms with van der Waals surface area (Å²) in [5, 5.41) is 19.5. The first-order chi connectivity index (χ1) is 15.7. The lowest BCUT2D eigenvalue weighted by molar-refractivity contribution is 0.0332. The molecule has 13 heteroatoms. The van der Waals surface area contributed by atoms with Crippen LogP contribution in [0.5, 0.6) is 5.75 Å². The molecular formula is C19H23N9O4. The van der Waals surface area contributed by atoms with E-state index < -0.39 is 5.91 Å². The Bertz CT molecular complexity index is 1090. The van der Waals surface area contributed by atoms with Gasteiger partial charge in [0.15, 0.2) is 5.69 Å². The highest BCUT2D eigenvalue weighted by atomic mass is 16.6. The van der Waals surface area contributed by atoms with E-state index in [0.29, 0.717) is 50.9 Å².